The molecule has 2 saturated carbocycles. The van der Waals surface area contributed by atoms with Crippen molar-refractivity contribution in [3.05, 3.63) is 0 Å². The van der Waals surface area contributed by atoms with E-state index < -0.39 is 0 Å². The lowest BCUT2D eigenvalue weighted by molar-refractivity contribution is 0.151. The summed E-state index contributed by atoms with van der Waals surface area (Å²) in [6, 6.07) is 2.78. The second-order valence-corrected chi connectivity index (χ2v) is 9.90. The van der Waals surface area contributed by atoms with Gasteiger partial charge in [-0.25, -0.2) is 0 Å². The van der Waals surface area contributed by atoms with Gasteiger partial charge in [-0.1, -0.05) is 110 Å². The number of unbranched alkanes of at least 4 members (excludes halogenated alkanes) is 5. The minimum Gasteiger partial charge on any atom is -0.198 e. The van der Waals surface area contributed by atoms with Crippen molar-refractivity contribution in [1.29, 1.82) is 5.26 Å². The van der Waals surface area contributed by atoms with Crippen LogP contribution < -0.4 is 0 Å². The molecule has 0 aromatic carbocycles. The smallest absolute Gasteiger partial charge is 0.0658 e. The predicted molar refractivity (Wildman–Crippen MR) is 118 cm³/mol. The van der Waals surface area contributed by atoms with E-state index in [4.69, 9.17) is 0 Å². The molecule has 0 spiro atoms. The first-order valence-electron chi connectivity index (χ1n) is 12.7. The van der Waals surface area contributed by atoms with Crippen molar-refractivity contribution in [1.82, 2.24) is 0 Å². The number of hydrogen-bond acceptors (Lipinski definition) is 1. The van der Waals surface area contributed by atoms with E-state index in [1.807, 2.05) is 0 Å². The third-order valence-corrected chi connectivity index (χ3v) is 7.89. The molecule has 2 rings (SSSR count). The molecule has 2 fully saturated rings. The van der Waals surface area contributed by atoms with Crippen molar-refractivity contribution < 1.29 is 0 Å². The molecule has 0 amide bonds. The Hall–Kier alpha value is -0.510. The van der Waals surface area contributed by atoms with Crippen LogP contribution in [-0.2, 0) is 0 Å². The van der Waals surface area contributed by atoms with Crippen LogP contribution >= 0.6 is 0 Å². The highest BCUT2D eigenvalue weighted by molar-refractivity contribution is 4.93. The van der Waals surface area contributed by atoms with E-state index in [9.17, 15) is 5.26 Å². The predicted octanol–water partition coefficient (Wildman–Crippen LogP) is 8.68. The molecule has 1 heteroatoms. The zero-order valence-electron chi connectivity index (χ0n) is 18.6. The summed E-state index contributed by atoms with van der Waals surface area (Å²) in [6.45, 7) is 4.61. The van der Waals surface area contributed by atoms with Crippen molar-refractivity contribution in [2.24, 2.45) is 29.6 Å². The number of nitriles is 1. The van der Waals surface area contributed by atoms with Gasteiger partial charge < -0.3 is 0 Å². The van der Waals surface area contributed by atoms with Gasteiger partial charge in [0, 0.05) is 5.92 Å². The van der Waals surface area contributed by atoms with E-state index in [1.54, 1.807) is 0 Å². The topological polar surface area (TPSA) is 23.8 Å². The molecule has 156 valence electrons. The lowest BCUT2D eigenvalue weighted by atomic mass is 9.68. The van der Waals surface area contributed by atoms with E-state index in [0.717, 1.165) is 17.8 Å². The summed E-state index contributed by atoms with van der Waals surface area (Å²) in [5.74, 6) is 3.81. The minimum absolute atomic E-state index is 0.350. The monoisotopic (exact) mass is 373 g/mol. The van der Waals surface area contributed by atoms with Gasteiger partial charge in [0.05, 0.1) is 6.07 Å². The molecule has 0 aromatic heterocycles. The molecular formula is C26H47N. The molecule has 0 N–H and O–H groups in total. The van der Waals surface area contributed by atoms with E-state index in [2.05, 4.69) is 19.9 Å². The summed E-state index contributed by atoms with van der Waals surface area (Å²) in [6.07, 6.45) is 25.0. The second kappa shape index (κ2) is 13.6. The van der Waals surface area contributed by atoms with Crippen molar-refractivity contribution in [3.63, 3.8) is 0 Å². The Morgan fingerprint density at radius 2 is 1.37 bits per heavy atom. The van der Waals surface area contributed by atoms with Gasteiger partial charge in [0.2, 0.25) is 0 Å². The molecule has 1 nitrogen and oxygen atoms in total. The summed E-state index contributed by atoms with van der Waals surface area (Å²) >= 11 is 0. The Labute approximate surface area is 170 Å². The molecule has 0 heterocycles. The van der Waals surface area contributed by atoms with Crippen molar-refractivity contribution in [2.45, 2.75) is 129 Å². The van der Waals surface area contributed by atoms with Gasteiger partial charge in [-0.05, 0) is 42.9 Å². The molecule has 0 bridgehead atoms. The van der Waals surface area contributed by atoms with E-state index >= 15 is 0 Å². The van der Waals surface area contributed by atoms with Gasteiger partial charge in [0.15, 0.2) is 0 Å². The zero-order valence-corrected chi connectivity index (χ0v) is 18.6. The third-order valence-electron chi connectivity index (χ3n) is 7.89. The van der Waals surface area contributed by atoms with Gasteiger partial charge in [-0.3, -0.25) is 0 Å². The van der Waals surface area contributed by atoms with Crippen molar-refractivity contribution in [2.75, 3.05) is 0 Å². The van der Waals surface area contributed by atoms with Crippen LogP contribution in [-0.4, -0.2) is 0 Å². The van der Waals surface area contributed by atoms with Crippen molar-refractivity contribution in [3.8, 4) is 6.07 Å². The fourth-order valence-corrected chi connectivity index (χ4v) is 6.05. The fraction of sp³-hybridized carbons (Fsp3) is 0.962. The summed E-state index contributed by atoms with van der Waals surface area (Å²) in [5, 5.41) is 9.93. The van der Waals surface area contributed by atoms with E-state index in [0.29, 0.717) is 11.8 Å². The second-order valence-electron chi connectivity index (χ2n) is 9.90. The standard InChI is InChI=1S/C26H47N/c1-3-5-7-9-13-23-14-10-11-15-25(23)20-26(21-27)24-18-16-22(17-19-24)12-8-6-4-2/h22-26H,3-20H2,1-2H3/t22?,23-,24?,25+,26?/m1/s1. The SMILES string of the molecule is CCCCCC[C@@H]1CCCC[C@H]1CC(C#N)C1CCC(CCCCC)CC1. The largest absolute Gasteiger partial charge is 0.198 e. The Kier molecular flexibility index (Phi) is 11.5. The van der Waals surface area contributed by atoms with Crippen LogP contribution in [0.25, 0.3) is 0 Å². The summed E-state index contributed by atoms with van der Waals surface area (Å²) in [7, 11) is 0. The first-order valence-corrected chi connectivity index (χ1v) is 12.7. The first-order chi connectivity index (χ1) is 13.3. The van der Waals surface area contributed by atoms with Crippen LogP contribution in [0, 0.1) is 40.9 Å². The van der Waals surface area contributed by atoms with Crippen LogP contribution in [0.3, 0.4) is 0 Å². The molecule has 0 aliphatic heterocycles. The summed E-state index contributed by atoms with van der Waals surface area (Å²) in [5.41, 5.74) is 0. The Bertz CT molecular complexity index is 401. The Balaban J connectivity index is 1.76. The summed E-state index contributed by atoms with van der Waals surface area (Å²) < 4.78 is 0. The molecule has 0 aromatic rings. The average molecular weight is 374 g/mol. The molecule has 0 radical (unpaired) electrons. The highest BCUT2D eigenvalue weighted by Gasteiger charge is 2.32. The Morgan fingerprint density at radius 1 is 0.741 bits per heavy atom. The van der Waals surface area contributed by atoms with Crippen LogP contribution in [0.15, 0.2) is 0 Å². The maximum Gasteiger partial charge on any atom is 0.0658 e. The fourth-order valence-electron chi connectivity index (χ4n) is 6.05. The highest BCUT2D eigenvalue weighted by Crippen LogP contribution is 2.42. The average Bonchev–Trinajstić information content (AvgIpc) is 2.71. The molecule has 1 unspecified atom stereocenters. The molecular weight excluding hydrogens is 326 g/mol. The third kappa shape index (κ3) is 8.17. The van der Waals surface area contributed by atoms with Crippen LogP contribution in [0.5, 0.6) is 0 Å². The quantitative estimate of drug-likeness (QED) is 0.314. The minimum atomic E-state index is 0.350. The number of rotatable bonds is 12. The first kappa shape index (κ1) is 22.8. The van der Waals surface area contributed by atoms with Crippen molar-refractivity contribution >= 4 is 0 Å². The molecule has 27 heavy (non-hydrogen) atoms. The zero-order chi connectivity index (χ0) is 19.3. The Morgan fingerprint density at radius 3 is 2.04 bits per heavy atom. The van der Waals surface area contributed by atoms with E-state index in [-0.39, 0.29) is 0 Å². The van der Waals surface area contributed by atoms with Gasteiger partial charge in [-0.2, -0.15) is 5.26 Å². The maximum atomic E-state index is 9.93. The number of nitrogens with zero attached hydrogens (tertiary/aromatic N) is 1. The normalized spacial score (nSPS) is 30.0. The van der Waals surface area contributed by atoms with Crippen LogP contribution in [0.1, 0.15) is 129 Å². The molecule has 0 saturated heterocycles. The highest BCUT2D eigenvalue weighted by atomic mass is 14.4. The van der Waals surface area contributed by atoms with Crippen LogP contribution in [0.2, 0.25) is 0 Å². The van der Waals surface area contributed by atoms with Gasteiger partial charge in [0.25, 0.3) is 0 Å². The molecule has 3 atom stereocenters. The maximum absolute atomic E-state index is 9.93. The molecule has 2 aliphatic rings. The lowest BCUT2D eigenvalue weighted by Gasteiger charge is -2.36. The van der Waals surface area contributed by atoms with E-state index in [1.165, 1.54) is 116 Å². The molecule has 2 aliphatic carbocycles. The van der Waals surface area contributed by atoms with Gasteiger partial charge in [-0.15, -0.1) is 0 Å². The van der Waals surface area contributed by atoms with Gasteiger partial charge in [0.1, 0.15) is 0 Å². The number of hydrogen-bond donors (Lipinski definition) is 0. The summed E-state index contributed by atoms with van der Waals surface area (Å²) in [4.78, 5) is 0. The van der Waals surface area contributed by atoms with Crippen LogP contribution in [0.4, 0.5) is 0 Å². The van der Waals surface area contributed by atoms with Gasteiger partial charge >= 0.3 is 0 Å². The lowest BCUT2D eigenvalue weighted by Crippen LogP contribution is -2.27.